The second-order valence-corrected chi connectivity index (χ2v) is 4.27. The zero-order valence-corrected chi connectivity index (χ0v) is 11.6. The van der Waals surface area contributed by atoms with E-state index in [-0.39, 0.29) is 11.8 Å². The molecule has 0 spiro atoms. The third-order valence-corrected chi connectivity index (χ3v) is 3.02. The number of carbonyl (C=O) groups excluding carboxylic acids is 1. The van der Waals surface area contributed by atoms with Crippen LogP contribution in [0.2, 0.25) is 0 Å². The molecule has 5 nitrogen and oxygen atoms in total. The zero-order chi connectivity index (χ0) is 13.7. The molecule has 1 amide bonds. The van der Waals surface area contributed by atoms with Crippen LogP contribution < -0.4 is 4.81 Å². The lowest BCUT2D eigenvalue weighted by atomic mass is 10.1. The van der Waals surface area contributed by atoms with Crippen LogP contribution >= 0.6 is 0 Å². The van der Waals surface area contributed by atoms with Gasteiger partial charge in [0.05, 0.1) is 12.1 Å². The molecule has 0 N–H and O–H groups in total. The smallest absolute Gasteiger partial charge is 0.240 e. The van der Waals surface area contributed by atoms with Gasteiger partial charge in [-0.25, -0.2) is 0 Å². The maximum atomic E-state index is 12.1. The van der Waals surface area contributed by atoms with Crippen LogP contribution in [-0.2, 0) is 11.8 Å². The Morgan fingerprint density at radius 1 is 1.50 bits per heavy atom. The summed E-state index contributed by atoms with van der Waals surface area (Å²) in [7, 11) is 9.59. The molecule has 0 aliphatic carbocycles. The minimum absolute atomic E-state index is 0.00454. The van der Waals surface area contributed by atoms with E-state index in [2.05, 4.69) is 10.00 Å². The molecule has 1 aliphatic rings. The fourth-order valence-electron chi connectivity index (χ4n) is 2.05. The lowest BCUT2D eigenvalue weighted by Crippen LogP contribution is -2.36. The van der Waals surface area contributed by atoms with Crippen LogP contribution in [0.25, 0.3) is 0 Å². The highest BCUT2D eigenvalue weighted by atomic mass is 16.2. The van der Waals surface area contributed by atoms with E-state index in [1.54, 1.807) is 24.0 Å². The summed E-state index contributed by atoms with van der Waals surface area (Å²) in [5, 5.41) is 3.99. The number of nitrogens with zero attached hydrogens (tertiary/aromatic N) is 4. The van der Waals surface area contributed by atoms with Crippen molar-refractivity contribution in [2.24, 2.45) is 13.0 Å². The molecule has 1 aromatic heterocycles. The van der Waals surface area contributed by atoms with E-state index < -0.39 is 0 Å². The zero-order valence-electron chi connectivity index (χ0n) is 11.6. The Balaban J connectivity index is 0.000000771. The standard InChI is InChI=1S/C10H15BN4O.C2H6/c1-13-6-4-8(7-13)10(16)15(11)9-3-5-12-14(9)2;1-2/h3,5,8H,4,6-7H2,1-2H3;1-2H3. The van der Waals surface area contributed by atoms with Crippen LogP contribution in [0, 0.1) is 5.92 Å². The summed E-state index contributed by atoms with van der Waals surface area (Å²) < 4.78 is 1.59. The summed E-state index contributed by atoms with van der Waals surface area (Å²) in [6.45, 7) is 5.74. The Bertz CT molecular complexity index is 393. The number of amides is 1. The van der Waals surface area contributed by atoms with E-state index in [4.69, 9.17) is 7.98 Å². The summed E-state index contributed by atoms with van der Waals surface area (Å²) in [6, 6.07) is 1.73. The van der Waals surface area contributed by atoms with Crippen molar-refractivity contribution in [2.45, 2.75) is 20.3 Å². The topological polar surface area (TPSA) is 41.4 Å². The van der Waals surface area contributed by atoms with Crippen molar-refractivity contribution in [1.29, 1.82) is 0 Å². The van der Waals surface area contributed by atoms with Crippen molar-refractivity contribution in [3.63, 3.8) is 0 Å². The van der Waals surface area contributed by atoms with Gasteiger partial charge < -0.3 is 9.71 Å². The van der Waals surface area contributed by atoms with Crippen LogP contribution in [0.15, 0.2) is 12.3 Å². The highest BCUT2D eigenvalue weighted by Crippen LogP contribution is 2.19. The number of hydrogen-bond acceptors (Lipinski definition) is 3. The highest BCUT2D eigenvalue weighted by Gasteiger charge is 2.29. The second-order valence-electron chi connectivity index (χ2n) is 4.27. The van der Waals surface area contributed by atoms with Crippen molar-refractivity contribution >= 4 is 19.7 Å². The van der Waals surface area contributed by atoms with Gasteiger partial charge in [0.15, 0.2) is 0 Å². The number of anilines is 1. The van der Waals surface area contributed by atoms with Crippen molar-refractivity contribution in [3.8, 4) is 0 Å². The molecular weight excluding hydrogens is 227 g/mol. The van der Waals surface area contributed by atoms with Crippen LogP contribution in [0.5, 0.6) is 0 Å². The number of likely N-dealkylation sites (tertiary alicyclic amines) is 1. The molecule has 0 bridgehead atoms. The summed E-state index contributed by atoms with van der Waals surface area (Å²) in [5.41, 5.74) is 0. The first-order valence-corrected chi connectivity index (χ1v) is 6.35. The molecule has 18 heavy (non-hydrogen) atoms. The van der Waals surface area contributed by atoms with Crippen LogP contribution in [-0.4, -0.2) is 48.7 Å². The van der Waals surface area contributed by atoms with Crippen molar-refractivity contribution in [1.82, 2.24) is 14.7 Å². The van der Waals surface area contributed by atoms with Gasteiger partial charge in [0.25, 0.3) is 0 Å². The van der Waals surface area contributed by atoms with Crippen molar-refractivity contribution < 1.29 is 4.79 Å². The Labute approximate surface area is 110 Å². The number of carbonyl (C=O) groups is 1. The van der Waals surface area contributed by atoms with Gasteiger partial charge in [-0.2, -0.15) is 5.10 Å². The molecular formula is C12H21BN4O. The Morgan fingerprint density at radius 2 is 2.17 bits per heavy atom. The summed E-state index contributed by atoms with van der Waals surface area (Å²) >= 11 is 0. The Kier molecular flexibility index (Phi) is 5.40. The van der Waals surface area contributed by atoms with Gasteiger partial charge in [0.1, 0.15) is 5.82 Å². The molecule has 1 aromatic rings. The molecule has 1 saturated heterocycles. The van der Waals surface area contributed by atoms with Crippen LogP contribution in [0.4, 0.5) is 5.82 Å². The second kappa shape index (κ2) is 6.59. The molecule has 0 aromatic carbocycles. The van der Waals surface area contributed by atoms with E-state index >= 15 is 0 Å². The first kappa shape index (κ1) is 14.8. The molecule has 1 unspecified atom stereocenters. The SMILES string of the molecule is CC.[B]N(C(=O)C1CCN(C)C1)c1ccnn1C. The van der Waals surface area contributed by atoms with E-state index in [1.807, 2.05) is 20.9 Å². The molecule has 2 heterocycles. The van der Waals surface area contributed by atoms with Gasteiger partial charge >= 0.3 is 0 Å². The molecule has 98 valence electrons. The maximum Gasteiger partial charge on any atom is 0.240 e. The predicted octanol–water partition coefficient (Wildman–Crippen LogP) is 0.814. The van der Waals surface area contributed by atoms with Crippen LogP contribution in [0.1, 0.15) is 20.3 Å². The van der Waals surface area contributed by atoms with Gasteiger partial charge in [-0.05, 0) is 26.1 Å². The lowest BCUT2D eigenvalue weighted by molar-refractivity contribution is -0.120. The number of aryl methyl sites for hydroxylation is 1. The third-order valence-electron chi connectivity index (χ3n) is 3.02. The molecule has 1 aliphatic heterocycles. The van der Waals surface area contributed by atoms with Gasteiger partial charge in [-0.1, -0.05) is 13.8 Å². The van der Waals surface area contributed by atoms with E-state index in [9.17, 15) is 4.79 Å². The average molecular weight is 248 g/mol. The first-order chi connectivity index (χ1) is 8.59. The minimum Gasteiger partial charge on any atom is -0.354 e. The van der Waals surface area contributed by atoms with Crippen molar-refractivity contribution in [3.05, 3.63) is 12.3 Å². The molecule has 1 fully saturated rings. The Morgan fingerprint density at radius 3 is 2.61 bits per heavy atom. The fourth-order valence-corrected chi connectivity index (χ4v) is 2.05. The lowest BCUT2D eigenvalue weighted by Gasteiger charge is -2.21. The molecule has 2 radical (unpaired) electrons. The van der Waals surface area contributed by atoms with Gasteiger partial charge in [-0.3, -0.25) is 9.48 Å². The number of aromatic nitrogens is 2. The van der Waals surface area contributed by atoms with E-state index in [1.165, 1.54) is 4.81 Å². The molecule has 0 saturated carbocycles. The minimum atomic E-state index is -0.0343. The predicted molar refractivity (Wildman–Crippen MR) is 73.4 cm³/mol. The third kappa shape index (κ3) is 3.13. The molecule has 2 rings (SSSR count). The Hall–Kier alpha value is -1.30. The number of hydrogen-bond donors (Lipinski definition) is 0. The summed E-state index contributed by atoms with van der Waals surface area (Å²) in [5.74, 6) is 0.595. The number of rotatable bonds is 2. The largest absolute Gasteiger partial charge is 0.354 e. The average Bonchev–Trinajstić information content (AvgIpc) is 2.99. The fraction of sp³-hybridized carbons (Fsp3) is 0.667. The van der Waals surface area contributed by atoms with Gasteiger partial charge in [-0.15, -0.1) is 0 Å². The summed E-state index contributed by atoms with van der Waals surface area (Å²) in [4.78, 5) is 15.4. The normalized spacial score (nSPS) is 19.2. The monoisotopic (exact) mass is 248 g/mol. The maximum absolute atomic E-state index is 12.1. The molecule has 1 atom stereocenters. The summed E-state index contributed by atoms with van der Waals surface area (Å²) in [6.07, 6.45) is 2.50. The molecule has 6 heteroatoms. The quantitative estimate of drug-likeness (QED) is 0.727. The highest BCUT2D eigenvalue weighted by molar-refractivity contribution is 6.30. The van der Waals surface area contributed by atoms with Crippen molar-refractivity contribution in [2.75, 3.05) is 24.9 Å². The van der Waals surface area contributed by atoms with E-state index in [0.717, 1.165) is 19.5 Å². The van der Waals surface area contributed by atoms with E-state index in [0.29, 0.717) is 5.82 Å². The first-order valence-electron chi connectivity index (χ1n) is 6.35. The van der Waals surface area contributed by atoms with Gasteiger partial charge in [0, 0.05) is 13.6 Å². The van der Waals surface area contributed by atoms with Gasteiger partial charge in [0.2, 0.25) is 13.9 Å². The van der Waals surface area contributed by atoms with Crippen LogP contribution in [0.3, 0.4) is 0 Å².